The summed E-state index contributed by atoms with van der Waals surface area (Å²) in [7, 11) is 1.89. The van der Waals surface area contributed by atoms with Gasteiger partial charge in [-0.2, -0.15) is 0 Å². The summed E-state index contributed by atoms with van der Waals surface area (Å²) in [6.07, 6.45) is 2.98. The van der Waals surface area contributed by atoms with Crippen LogP contribution < -0.4 is 4.90 Å². The Morgan fingerprint density at radius 1 is 1.19 bits per heavy atom. The highest BCUT2D eigenvalue weighted by Crippen LogP contribution is 2.35. The van der Waals surface area contributed by atoms with Gasteiger partial charge in [-0.05, 0) is 38.5 Å². The molecule has 138 valence electrons. The molecule has 0 spiro atoms. The monoisotopic (exact) mass is 370 g/mol. The summed E-state index contributed by atoms with van der Waals surface area (Å²) >= 11 is 1.65. The van der Waals surface area contributed by atoms with Crippen LogP contribution >= 0.6 is 11.3 Å². The van der Waals surface area contributed by atoms with Crippen molar-refractivity contribution in [2.75, 3.05) is 18.5 Å². The number of likely N-dealkylation sites (N-methyl/N-ethyl adjacent to an activating group) is 1. The van der Waals surface area contributed by atoms with Crippen LogP contribution in [0.25, 0.3) is 21.7 Å². The Kier molecular flexibility index (Phi) is 6.80. The number of aryl methyl sites for hydroxylation is 2. The van der Waals surface area contributed by atoms with Gasteiger partial charge in [0.1, 0.15) is 22.1 Å². The quantitative estimate of drug-likeness (QED) is 0.659. The molecule has 6 heteroatoms. The summed E-state index contributed by atoms with van der Waals surface area (Å²) in [6, 6.07) is 5.67. The highest BCUT2D eigenvalue weighted by molar-refractivity contribution is 7.18. The van der Waals surface area contributed by atoms with Gasteiger partial charge in [0, 0.05) is 18.1 Å². The molecule has 0 aliphatic carbocycles. The molecular formula is C20H26N4OS. The Balaban J connectivity index is 0.000000758. The topological polar surface area (TPSA) is 59.0 Å². The SMILES string of the molecule is CC(=O)CN(C)c1nc(-c2ccccn2)nc2sc(C)c(C)c12.CCC. The lowest BCUT2D eigenvalue weighted by Gasteiger charge is -2.18. The first-order chi connectivity index (χ1) is 12.4. The second kappa shape index (κ2) is 8.85. The zero-order valence-electron chi connectivity index (χ0n) is 16.3. The third-order valence-corrected chi connectivity index (χ3v) is 4.83. The van der Waals surface area contributed by atoms with Crippen LogP contribution in [0.5, 0.6) is 0 Å². The Morgan fingerprint density at radius 2 is 1.88 bits per heavy atom. The van der Waals surface area contributed by atoms with Crippen molar-refractivity contribution in [2.45, 2.75) is 41.0 Å². The highest BCUT2D eigenvalue weighted by Gasteiger charge is 2.19. The molecular weight excluding hydrogens is 344 g/mol. The maximum atomic E-state index is 11.5. The van der Waals surface area contributed by atoms with Crippen LogP contribution in [0.4, 0.5) is 5.82 Å². The number of rotatable bonds is 4. The van der Waals surface area contributed by atoms with Gasteiger partial charge >= 0.3 is 0 Å². The van der Waals surface area contributed by atoms with E-state index in [4.69, 9.17) is 4.98 Å². The minimum absolute atomic E-state index is 0.100. The summed E-state index contributed by atoms with van der Waals surface area (Å²) in [4.78, 5) is 29.3. The first-order valence-corrected chi connectivity index (χ1v) is 9.60. The predicted octanol–water partition coefficient (Wildman–Crippen LogP) is 4.81. The number of thiophene rings is 1. The van der Waals surface area contributed by atoms with Crippen LogP contribution in [0.15, 0.2) is 24.4 Å². The Hall–Kier alpha value is -2.34. The van der Waals surface area contributed by atoms with Gasteiger partial charge in [-0.25, -0.2) is 9.97 Å². The molecule has 0 bridgehead atoms. The number of nitrogens with zero attached hydrogens (tertiary/aromatic N) is 4. The molecule has 0 radical (unpaired) electrons. The van der Waals surface area contributed by atoms with E-state index in [1.807, 2.05) is 30.1 Å². The van der Waals surface area contributed by atoms with Crippen molar-refractivity contribution in [1.82, 2.24) is 15.0 Å². The molecule has 0 amide bonds. The van der Waals surface area contributed by atoms with Crippen LogP contribution in [0, 0.1) is 13.8 Å². The zero-order chi connectivity index (χ0) is 19.3. The molecule has 0 unspecified atom stereocenters. The molecule has 0 saturated carbocycles. The Bertz CT molecular complexity index is 890. The largest absolute Gasteiger partial charge is 0.352 e. The number of aromatic nitrogens is 3. The fourth-order valence-electron chi connectivity index (χ4n) is 2.52. The van der Waals surface area contributed by atoms with Gasteiger partial charge in [-0.15, -0.1) is 11.3 Å². The molecule has 3 aromatic heterocycles. The Morgan fingerprint density at radius 3 is 2.46 bits per heavy atom. The van der Waals surface area contributed by atoms with E-state index in [-0.39, 0.29) is 5.78 Å². The van der Waals surface area contributed by atoms with E-state index < -0.39 is 0 Å². The summed E-state index contributed by atoms with van der Waals surface area (Å²) in [5, 5.41) is 1.02. The second-order valence-corrected chi connectivity index (χ2v) is 7.52. The van der Waals surface area contributed by atoms with Crippen LogP contribution in [-0.4, -0.2) is 34.3 Å². The molecule has 0 N–H and O–H groups in total. The summed E-state index contributed by atoms with van der Waals surface area (Å²) in [6.45, 7) is 10.3. The number of fused-ring (bicyclic) bond motifs is 1. The highest BCUT2D eigenvalue weighted by atomic mass is 32.1. The van der Waals surface area contributed by atoms with Gasteiger partial charge in [0.15, 0.2) is 5.82 Å². The Labute approximate surface area is 159 Å². The summed E-state index contributed by atoms with van der Waals surface area (Å²) < 4.78 is 0. The number of hydrogen-bond donors (Lipinski definition) is 0. The standard InChI is InChI=1S/C17H18N4OS.C3H8/c1-10(22)9-21(4)16-14-11(2)12(3)23-17(14)20-15(19-16)13-7-5-6-8-18-13;1-3-2/h5-8H,9H2,1-4H3;3H2,1-2H3. The van der Waals surface area contributed by atoms with Crippen molar-refractivity contribution >= 4 is 33.2 Å². The van der Waals surface area contributed by atoms with Gasteiger partial charge in [0.05, 0.1) is 11.9 Å². The minimum atomic E-state index is 0.100. The molecule has 3 heterocycles. The maximum absolute atomic E-state index is 11.5. The van der Waals surface area contributed by atoms with E-state index in [1.165, 1.54) is 16.9 Å². The van der Waals surface area contributed by atoms with E-state index in [9.17, 15) is 4.79 Å². The molecule has 3 aromatic rings. The lowest BCUT2D eigenvalue weighted by molar-refractivity contribution is -0.115. The number of Topliss-reactive ketones (excluding diaryl/α,β-unsaturated/α-hetero) is 1. The van der Waals surface area contributed by atoms with E-state index in [1.54, 1.807) is 24.5 Å². The molecule has 0 aliphatic rings. The first kappa shape index (κ1) is 20.0. The molecule has 0 aliphatic heterocycles. The van der Waals surface area contributed by atoms with Gasteiger partial charge < -0.3 is 4.90 Å². The van der Waals surface area contributed by atoms with Crippen molar-refractivity contribution in [3.8, 4) is 11.5 Å². The summed E-state index contributed by atoms with van der Waals surface area (Å²) in [5.74, 6) is 1.47. The fraction of sp³-hybridized carbons (Fsp3) is 0.400. The molecule has 0 fully saturated rings. The minimum Gasteiger partial charge on any atom is -0.352 e. The van der Waals surface area contributed by atoms with E-state index >= 15 is 0 Å². The molecule has 0 aromatic carbocycles. The first-order valence-electron chi connectivity index (χ1n) is 8.78. The predicted molar refractivity (Wildman–Crippen MR) is 110 cm³/mol. The number of anilines is 1. The number of hydrogen-bond acceptors (Lipinski definition) is 6. The van der Waals surface area contributed by atoms with Crippen LogP contribution in [0.1, 0.15) is 37.6 Å². The van der Waals surface area contributed by atoms with Crippen LogP contribution in [0.3, 0.4) is 0 Å². The van der Waals surface area contributed by atoms with Crippen molar-refractivity contribution < 1.29 is 4.79 Å². The molecule has 0 atom stereocenters. The van der Waals surface area contributed by atoms with Crippen molar-refractivity contribution in [2.24, 2.45) is 0 Å². The van der Waals surface area contributed by atoms with Crippen molar-refractivity contribution in [3.05, 3.63) is 34.8 Å². The van der Waals surface area contributed by atoms with E-state index in [0.717, 1.165) is 21.7 Å². The van der Waals surface area contributed by atoms with Gasteiger partial charge in [0.2, 0.25) is 0 Å². The molecule has 26 heavy (non-hydrogen) atoms. The van der Waals surface area contributed by atoms with Gasteiger partial charge in [-0.1, -0.05) is 26.3 Å². The lowest BCUT2D eigenvalue weighted by atomic mass is 10.2. The van der Waals surface area contributed by atoms with E-state index in [2.05, 4.69) is 37.7 Å². The maximum Gasteiger partial charge on any atom is 0.181 e. The number of pyridine rings is 1. The lowest BCUT2D eigenvalue weighted by Crippen LogP contribution is -2.25. The molecule has 5 nitrogen and oxygen atoms in total. The number of ketones is 1. The van der Waals surface area contributed by atoms with Gasteiger partial charge in [-0.3, -0.25) is 9.78 Å². The van der Waals surface area contributed by atoms with E-state index in [0.29, 0.717) is 12.4 Å². The number of carbonyl (C=O) groups is 1. The number of carbonyl (C=O) groups excluding carboxylic acids is 1. The molecule has 3 rings (SSSR count). The second-order valence-electron chi connectivity index (χ2n) is 6.31. The third-order valence-electron chi connectivity index (χ3n) is 3.72. The molecule has 0 saturated heterocycles. The fourth-order valence-corrected chi connectivity index (χ4v) is 3.55. The van der Waals surface area contributed by atoms with Crippen LogP contribution in [-0.2, 0) is 4.79 Å². The third kappa shape index (κ3) is 4.43. The summed E-state index contributed by atoms with van der Waals surface area (Å²) in [5.41, 5.74) is 1.90. The van der Waals surface area contributed by atoms with Crippen molar-refractivity contribution in [1.29, 1.82) is 0 Å². The van der Waals surface area contributed by atoms with Gasteiger partial charge in [0.25, 0.3) is 0 Å². The smallest absolute Gasteiger partial charge is 0.181 e. The van der Waals surface area contributed by atoms with Crippen LogP contribution in [0.2, 0.25) is 0 Å². The average Bonchev–Trinajstić information content (AvgIpc) is 2.89. The normalized spacial score (nSPS) is 10.4. The van der Waals surface area contributed by atoms with Crippen molar-refractivity contribution in [3.63, 3.8) is 0 Å². The zero-order valence-corrected chi connectivity index (χ0v) is 17.1. The average molecular weight is 371 g/mol.